The molecule has 15 heavy (non-hydrogen) atoms. The number of thioether (sulfide) groups is 1. The van der Waals surface area contributed by atoms with Gasteiger partial charge in [-0.15, -0.1) is 0 Å². The molecule has 0 amide bonds. The fraction of sp³-hybridized carbons (Fsp3) is 0.455. The third-order valence-corrected chi connectivity index (χ3v) is 3.55. The predicted octanol–water partition coefficient (Wildman–Crippen LogP) is 1.89. The number of hydrogen-bond donors (Lipinski definition) is 0. The minimum atomic E-state index is 0.498. The fourth-order valence-electron chi connectivity index (χ4n) is 1.69. The molecular weight excluding hydrogens is 206 g/mol. The van der Waals surface area contributed by atoms with Gasteiger partial charge < -0.3 is 4.90 Å². The second-order valence-corrected chi connectivity index (χ2v) is 5.17. The van der Waals surface area contributed by atoms with Gasteiger partial charge in [-0.05, 0) is 12.1 Å². The number of hydrogen-bond acceptors (Lipinski definition) is 4. The van der Waals surface area contributed by atoms with Crippen molar-refractivity contribution in [1.29, 1.82) is 5.26 Å². The summed E-state index contributed by atoms with van der Waals surface area (Å²) in [5.74, 6) is 2.07. The van der Waals surface area contributed by atoms with Crippen LogP contribution in [0.25, 0.3) is 0 Å². The number of aromatic nitrogens is 1. The average molecular weight is 219 g/mol. The van der Waals surface area contributed by atoms with Gasteiger partial charge >= 0.3 is 0 Å². The largest absolute Gasteiger partial charge is 0.355 e. The number of rotatable bonds is 1. The van der Waals surface area contributed by atoms with Gasteiger partial charge in [-0.2, -0.15) is 17.0 Å². The number of anilines is 1. The maximum Gasteiger partial charge on any atom is 0.142 e. The van der Waals surface area contributed by atoms with Crippen molar-refractivity contribution in [3.8, 4) is 6.07 Å². The first-order chi connectivity index (χ1) is 7.29. The predicted molar refractivity (Wildman–Crippen MR) is 63.1 cm³/mol. The van der Waals surface area contributed by atoms with Crippen LogP contribution in [0.1, 0.15) is 12.6 Å². The van der Waals surface area contributed by atoms with Crippen LogP contribution in [-0.2, 0) is 0 Å². The van der Waals surface area contributed by atoms with Crippen LogP contribution in [0.2, 0.25) is 0 Å². The molecule has 1 fully saturated rings. The van der Waals surface area contributed by atoms with E-state index in [1.165, 1.54) is 0 Å². The Morgan fingerprint density at radius 2 is 2.47 bits per heavy atom. The van der Waals surface area contributed by atoms with Crippen molar-refractivity contribution < 1.29 is 0 Å². The summed E-state index contributed by atoms with van der Waals surface area (Å²) in [6, 6.07) is 7.69. The van der Waals surface area contributed by atoms with Crippen molar-refractivity contribution >= 4 is 17.6 Å². The van der Waals surface area contributed by atoms with Crippen LogP contribution in [0, 0.1) is 11.3 Å². The minimum absolute atomic E-state index is 0.498. The highest BCUT2D eigenvalue weighted by atomic mass is 32.2. The summed E-state index contributed by atoms with van der Waals surface area (Å²) in [5, 5.41) is 9.42. The van der Waals surface area contributed by atoms with E-state index in [1.54, 1.807) is 6.07 Å². The Labute approximate surface area is 94.1 Å². The molecule has 1 saturated heterocycles. The quantitative estimate of drug-likeness (QED) is 0.723. The Bertz CT molecular complexity index is 386. The molecule has 0 spiro atoms. The summed E-state index contributed by atoms with van der Waals surface area (Å²) >= 11 is 1.99. The van der Waals surface area contributed by atoms with E-state index in [9.17, 15) is 0 Å². The van der Waals surface area contributed by atoms with Gasteiger partial charge in [0, 0.05) is 24.1 Å². The molecule has 4 heteroatoms. The lowest BCUT2D eigenvalue weighted by Gasteiger charge is -2.31. The molecule has 1 aromatic heterocycles. The molecule has 1 aliphatic rings. The van der Waals surface area contributed by atoms with Crippen LogP contribution < -0.4 is 4.90 Å². The topological polar surface area (TPSA) is 39.9 Å². The summed E-state index contributed by atoms with van der Waals surface area (Å²) in [5.41, 5.74) is 0.498. The SMILES string of the molecule is CC1CN(c2cccc(C#N)n2)CCS1. The Kier molecular flexibility index (Phi) is 3.12. The maximum absolute atomic E-state index is 8.78. The van der Waals surface area contributed by atoms with Crippen LogP contribution in [0.3, 0.4) is 0 Å². The zero-order chi connectivity index (χ0) is 10.7. The van der Waals surface area contributed by atoms with Crippen molar-refractivity contribution in [1.82, 2.24) is 4.98 Å². The number of pyridine rings is 1. The Hall–Kier alpha value is -1.21. The van der Waals surface area contributed by atoms with Crippen LogP contribution in [0.5, 0.6) is 0 Å². The van der Waals surface area contributed by atoms with E-state index in [0.717, 1.165) is 24.7 Å². The zero-order valence-corrected chi connectivity index (χ0v) is 9.50. The highest BCUT2D eigenvalue weighted by Gasteiger charge is 2.17. The molecule has 78 valence electrons. The number of nitriles is 1. The lowest BCUT2D eigenvalue weighted by Crippen LogP contribution is -2.37. The third-order valence-electron chi connectivity index (χ3n) is 2.41. The maximum atomic E-state index is 8.78. The van der Waals surface area contributed by atoms with E-state index in [2.05, 4.69) is 22.9 Å². The van der Waals surface area contributed by atoms with E-state index in [1.807, 2.05) is 23.9 Å². The Balaban J connectivity index is 2.18. The van der Waals surface area contributed by atoms with Gasteiger partial charge in [-0.25, -0.2) is 4.98 Å². The summed E-state index contributed by atoms with van der Waals surface area (Å²) in [6.07, 6.45) is 0. The molecule has 2 rings (SSSR count). The van der Waals surface area contributed by atoms with Gasteiger partial charge in [0.05, 0.1) is 0 Å². The zero-order valence-electron chi connectivity index (χ0n) is 8.68. The minimum Gasteiger partial charge on any atom is -0.355 e. The van der Waals surface area contributed by atoms with Gasteiger partial charge in [0.2, 0.25) is 0 Å². The summed E-state index contributed by atoms with van der Waals surface area (Å²) in [6.45, 7) is 4.27. The molecular formula is C11H13N3S. The van der Waals surface area contributed by atoms with Crippen LogP contribution in [0.4, 0.5) is 5.82 Å². The number of nitrogens with zero attached hydrogens (tertiary/aromatic N) is 3. The van der Waals surface area contributed by atoms with Crippen LogP contribution in [0.15, 0.2) is 18.2 Å². The monoisotopic (exact) mass is 219 g/mol. The molecule has 0 N–H and O–H groups in total. The first-order valence-electron chi connectivity index (χ1n) is 5.03. The smallest absolute Gasteiger partial charge is 0.142 e. The van der Waals surface area contributed by atoms with Gasteiger partial charge in [0.25, 0.3) is 0 Å². The summed E-state index contributed by atoms with van der Waals surface area (Å²) < 4.78 is 0. The summed E-state index contributed by atoms with van der Waals surface area (Å²) in [7, 11) is 0. The fourth-order valence-corrected chi connectivity index (χ4v) is 2.70. The molecule has 0 bridgehead atoms. The van der Waals surface area contributed by atoms with Gasteiger partial charge in [-0.3, -0.25) is 0 Å². The molecule has 2 heterocycles. The van der Waals surface area contributed by atoms with E-state index in [-0.39, 0.29) is 0 Å². The standard InChI is InChI=1S/C11H13N3S/c1-9-8-14(5-6-15-9)11-4-2-3-10(7-12)13-11/h2-4,9H,5-6,8H2,1H3. The molecule has 0 saturated carbocycles. The Morgan fingerprint density at radius 3 is 3.20 bits per heavy atom. The van der Waals surface area contributed by atoms with Crippen LogP contribution >= 0.6 is 11.8 Å². The second kappa shape index (κ2) is 4.54. The highest BCUT2D eigenvalue weighted by Crippen LogP contribution is 2.22. The molecule has 0 radical (unpaired) electrons. The van der Waals surface area contributed by atoms with Gasteiger partial charge in [0.15, 0.2) is 0 Å². The molecule has 1 aromatic rings. The third kappa shape index (κ3) is 2.42. The average Bonchev–Trinajstić information content (AvgIpc) is 2.29. The highest BCUT2D eigenvalue weighted by molar-refractivity contribution is 8.00. The van der Waals surface area contributed by atoms with Crippen molar-refractivity contribution in [3.05, 3.63) is 23.9 Å². The lowest BCUT2D eigenvalue weighted by molar-refractivity contribution is 0.769. The van der Waals surface area contributed by atoms with Gasteiger partial charge in [0.1, 0.15) is 17.6 Å². The van der Waals surface area contributed by atoms with E-state index in [0.29, 0.717) is 10.9 Å². The molecule has 0 aromatic carbocycles. The first kappa shape index (κ1) is 10.3. The van der Waals surface area contributed by atoms with Crippen molar-refractivity contribution in [3.63, 3.8) is 0 Å². The molecule has 3 nitrogen and oxygen atoms in total. The van der Waals surface area contributed by atoms with E-state index < -0.39 is 0 Å². The van der Waals surface area contributed by atoms with Gasteiger partial charge in [-0.1, -0.05) is 13.0 Å². The normalized spacial score (nSPS) is 21.1. The summed E-state index contributed by atoms with van der Waals surface area (Å²) in [4.78, 5) is 6.56. The van der Waals surface area contributed by atoms with Crippen molar-refractivity contribution in [2.75, 3.05) is 23.7 Å². The van der Waals surface area contributed by atoms with E-state index >= 15 is 0 Å². The molecule has 1 aliphatic heterocycles. The second-order valence-electron chi connectivity index (χ2n) is 3.62. The van der Waals surface area contributed by atoms with Crippen molar-refractivity contribution in [2.45, 2.75) is 12.2 Å². The van der Waals surface area contributed by atoms with Crippen molar-refractivity contribution in [2.24, 2.45) is 0 Å². The molecule has 1 unspecified atom stereocenters. The first-order valence-corrected chi connectivity index (χ1v) is 6.08. The molecule has 1 atom stereocenters. The van der Waals surface area contributed by atoms with Crippen LogP contribution in [-0.4, -0.2) is 29.1 Å². The van der Waals surface area contributed by atoms with E-state index in [4.69, 9.17) is 5.26 Å². The Morgan fingerprint density at radius 1 is 1.60 bits per heavy atom. The molecule has 0 aliphatic carbocycles. The lowest BCUT2D eigenvalue weighted by atomic mass is 10.3.